The van der Waals surface area contributed by atoms with Crippen molar-refractivity contribution in [2.75, 3.05) is 26.4 Å². The van der Waals surface area contributed by atoms with Crippen LogP contribution in [-0.4, -0.2) is 56.9 Å². The molecule has 28 heavy (non-hydrogen) atoms. The van der Waals surface area contributed by atoms with Crippen LogP contribution < -0.4 is 10.0 Å². The fourth-order valence-corrected chi connectivity index (χ4v) is 6.11. The van der Waals surface area contributed by atoms with Crippen LogP contribution in [0.25, 0.3) is 0 Å². The van der Waals surface area contributed by atoms with Crippen LogP contribution in [-0.2, 0) is 21.2 Å². The number of halogens is 1. The number of quaternary nitrogens is 1. The van der Waals surface area contributed by atoms with Crippen LogP contribution in [0.1, 0.15) is 44.1 Å². The lowest BCUT2D eigenvalue weighted by Crippen LogP contribution is -2.77. The van der Waals surface area contributed by atoms with Crippen LogP contribution in [0.3, 0.4) is 0 Å². The lowest BCUT2D eigenvalue weighted by atomic mass is 9.82. The van der Waals surface area contributed by atoms with E-state index >= 15 is 0 Å². The quantitative estimate of drug-likeness (QED) is 0.679. The first-order valence-corrected chi connectivity index (χ1v) is 11.8. The Balaban J connectivity index is 0.00000280. The summed E-state index contributed by atoms with van der Waals surface area (Å²) in [6, 6.07) is 9.47. The molecule has 0 unspecified atom stereocenters. The Morgan fingerprint density at radius 3 is 2.39 bits per heavy atom. The summed E-state index contributed by atoms with van der Waals surface area (Å²) in [4.78, 5) is 12.8. The Kier molecular flexibility index (Phi) is 7.53. The van der Waals surface area contributed by atoms with Gasteiger partial charge in [0.05, 0.1) is 38.9 Å². The second-order valence-electron chi connectivity index (χ2n) is 8.38. The molecule has 1 saturated carbocycles. The van der Waals surface area contributed by atoms with Gasteiger partial charge in [0.2, 0.25) is 15.9 Å². The highest BCUT2D eigenvalue weighted by Crippen LogP contribution is 2.39. The first-order chi connectivity index (χ1) is 12.7. The Bertz CT molecular complexity index is 766. The topological polar surface area (TPSA) is 75.3 Å². The highest BCUT2D eigenvalue weighted by Gasteiger charge is 2.57. The van der Waals surface area contributed by atoms with Gasteiger partial charge in [0, 0.05) is 19.3 Å². The van der Waals surface area contributed by atoms with Crippen molar-refractivity contribution in [3.05, 3.63) is 35.9 Å². The van der Waals surface area contributed by atoms with Crippen LogP contribution in [0.4, 0.5) is 0 Å². The first-order valence-electron chi connectivity index (χ1n) is 9.91. The lowest BCUT2D eigenvalue weighted by molar-refractivity contribution is -0.953. The molecular formula is C20H33ClN3O3S+. The SMILES string of the molecule is C[N+]1([C@]2(NS(C)(=O)=O)CCCC[C@H]2NC(=O)Cc2ccccc2)CCCC1.Cl. The molecule has 8 heteroatoms. The number of rotatable bonds is 6. The molecule has 0 aromatic heterocycles. The number of hydrogen-bond acceptors (Lipinski definition) is 3. The minimum Gasteiger partial charge on any atom is -0.345 e. The van der Waals surface area contributed by atoms with Crippen molar-refractivity contribution in [2.45, 2.75) is 56.7 Å². The van der Waals surface area contributed by atoms with E-state index in [0.29, 0.717) is 10.9 Å². The largest absolute Gasteiger partial charge is 0.345 e. The van der Waals surface area contributed by atoms with Crippen molar-refractivity contribution in [1.29, 1.82) is 0 Å². The molecule has 0 bridgehead atoms. The van der Waals surface area contributed by atoms with Crippen molar-refractivity contribution in [1.82, 2.24) is 10.0 Å². The molecule has 1 aliphatic carbocycles. The maximum atomic E-state index is 12.8. The average Bonchev–Trinajstić information content (AvgIpc) is 3.04. The van der Waals surface area contributed by atoms with Crippen molar-refractivity contribution in [3.63, 3.8) is 0 Å². The zero-order valence-electron chi connectivity index (χ0n) is 16.8. The predicted molar refractivity (Wildman–Crippen MR) is 114 cm³/mol. The highest BCUT2D eigenvalue weighted by atomic mass is 35.5. The van der Waals surface area contributed by atoms with Gasteiger partial charge in [-0.05, 0) is 18.4 Å². The van der Waals surface area contributed by atoms with E-state index in [0.717, 1.165) is 57.2 Å². The molecule has 1 aromatic rings. The van der Waals surface area contributed by atoms with Gasteiger partial charge < -0.3 is 9.80 Å². The summed E-state index contributed by atoms with van der Waals surface area (Å²) in [6.45, 7) is 1.88. The van der Waals surface area contributed by atoms with Crippen LogP contribution in [0.15, 0.2) is 30.3 Å². The van der Waals surface area contributed by atoms with Gasteiger partial charge in [-0.2, -0.15) is 4.72 Å². The van der Waals surface area contributed by atoms with Crippen LogP contribution >= 0.6 is 12.4 Å². The molecule has 0 spiro atoms. The number of nitrogens with zero attached hydrogens (tertiary/aromatic N) is 1. The monoisotopic (exact) mass is 430 g/mol. The van der Waals surface area contributed by atoms with Gasteiger partial charge in [-0.15, -0.1) is 12.4 Å². The molecular weight excluding hydrogens is 398 g/mol. The maximum Gasteiger partial charge on any atom is 0.224 e. The Morgan fingerprint density at radius 2 is 1.79 bits per heavy atom. The summed E-state index contributed by atoms with van der Waals surface area (Å²) >= 11 is 0. The molecule has 2 N–H and O–H groups in total. The zero-order chi connectivity index (χ0) is 19.5. The molecule has 1 saturated heterocycles. The molecule has 1 amide bonds. The molecule has 1 heterocycles. The Labute approximate surface area is 175 Å². The molecule has 158 valence electrons. The summed E-state index contributed by atoms with van der Waals surface area (Å²) < 4.78 is 28.3. The average molecular weight is 431 g/mol. The molecule has 2 atom stereocenters. The van der Waals surface area contributed by atoms with Crippen molar-refractivity contribution >= 4 is 28.3 Å². The fraction of sp³-hybridized carbons (Fsp3) is 0.650. The predicted octanol–water partition coefficient (Wildman–Crippen LogP) is 2.20. The number of sulfonamides is 1. The van der Waals surface area contributed by atoms with Gasteiger partial charge in [0.25, 0.3) is 0 Å². The van der Waals surface area contributed by atoms with Crippen LogP contribution in [0.2, 0.25) is 0 Å². The minimum atomic E-state index is -3.40. The smallest absolute Gasteiger partial charge is 0.224 e. The molecule has 2 fully saturated rings. The van der Waals surface area contributed by atoms with E-state index in [2.05, 4.69) is 17.1 Å². The normalized spacial score (nSPS) is 27.0. The van der Waals surface area contributed by atoms with Gasteiger partial charge in [0.1, 0.15) is 0 Å². The number of likely N-dealkylation sites (N-methyl/N-ethyl adjacent to an activating group) is 1. The Hall–Kier alpha value is -1.15. The number of carbonyl (C=O) groups excluding carboxylic acids is 1. The van der Waals surface area contributed by atoms with E-state index in [1.54, 1.807) is 0 Å². The van der Waals surface area contributed by atoms with Crippen LogP contribution in [0.5, 0.6) is 0 Å². The molecule has 1 aromatic carbocycles. The van der Waals surface area contributed by atoms with Crippen molar-refractivity contribution in [2.24, 2.45) is 0 Å². The minimum absolute atomic E-state index is 0. The number of amides is 1. The summed E-state index contributed by atoms with van der Waals surface area (Å²) in [7, 11) is -1.26. The molecule has 0 radical (unpaired) electrons. The third-order valence-electron chi connectivity index (χ3n) is 6.30. The van der Waals surface area contributed by atoms with E-state index in [9.17, 15) is 13.2 Å². The number of carbonyl (C=O) groups is 1. The van der Waals surface area contributed by atoms with Gasteiger partial charge in [-0.25, -0.2) is 8.42 Å². The molecule has 3 rings (SSSR count). The highest BCUT2D eigenvalue weighted by molar-refractivity contribution is 7.88. The van der Waals surface area contributed by atoms with E-state index in [1.165, 1.54) is 6.26 Å². The second kappa shape index (κ2) is 9.11. The van der Waals surface area contributed by atoms with Crippen molar-refractivity contribution < 1.29 is 17.7 Å². The number of benzene rings is 1. The van der Waals surface area contributed by atoms with Gasteiger partial charge in [0.15, 0.2) is 5.66 Å². The number of nitrogens with one attached hydrogen (secondary N) is 2. The third kappa shape index (κ3) is 5.06. The molecule has 1 aliphatic heterocycles. The third-order valence-corrected chi connectivity index (χ3v) is 7.02. The fourth-order valence-electron chi connectivity index (χ4n) is 5.01. The number of hydrogen-bond donors (Lipinski definition) is 2. The zero-order valence-corrected chi connectivity index (χ0v) is 18.4. The van der Waals surface area contributed by atoms with Crippen LogP contribution in [0, 0.1) is 0 Å². The first kappa shape index (κ1) is 23.1. The molecule has 2 aliphatic rings. The van der Waals surface area contributed by atoms with E-state index in [4.69, 9.17) is 0 Å². The summed E-state index contributed by atoms with van der Waals surface area (Å²) in [5.74, 6) is -0.0430. The Morgan fingerprint density at radius 1 is 1.14 bits per heavy atom. The van der Waals surface area contributed by atoms with Gasteiger partial charge >= 0.3 is 0 Å². The standard InChI is InChI=1S/C20H31N3O3S.ClH/c1-23(14-8-9-15-23)20(22-27(2,25)26)13-7-6-12-18(20)21-19(24)16-17-10-4-3-5-11-17;/h3-5,10-11,18,22H,6-9,12-16H2,1-2H3;1H/p+1/t18-,20-;/m1./s1. The van der Waals surface area contributed by atoms with E-state index in [1.807, 2.05) is 30.3 Å². The van der Waals surface area contributed by atoms with Crippen molar-refractivity contribution in [3.8, 4) is 0 Å². The second-order valence-corrected chi connectivity index (χ2v) is 10.1. The summed E-state index contributed by atoms with van der Waals surface area (Å²) in [6.07, 6.45) is 7.27. The van der Waals surface area contributed by atoms with Gasteiger partial charge in [-0.1, -0.05) is 36.8 Å². The summed E-state index contributed by atoms with van der Waals surface area (Å²) in [5, 5.41) is 3.20. The van der Waals surface area contributed by atoms with Gasteiger partial charge in [-0.3, -0.25) is 4.79 Å². The lowest BCUT2D eigenvalue weighted by Gasteiger charge is -2.54. The molecule has 6 nitrogen and oxygen atoms in total. The maximum absolute atomic E-state index is 12.8. The van der Waals surface area contributed by atoms with E-state index in [-0.39, 0.29) is 24.4 Å². The summed E-state index contributed by atoms with van der Waals surface area (Å²) in [5.41, 5.74) is 0.309. The number of likely N-dealkylation sites (tertiary alicyclic amines) is 1. The van der Waals surface area contributed by atoms with E-state index < -0.39 is 15.7 Å².